The minimum absolute atomic E-state index is 0.512. The van der Waals surface area contributed by atoms with E-state index in [1.807, 2.05) is 13.0 Å². The predicted octanol–water partition coefficient (Wildman–Crippen LogP) is 3.91. The lowest BCUT2D eigenvalue weighted by Crippen LogP contribution is -1.95. The molecule has 0 spiro atoms. The fraction of sp³-hybridized carbons (Fsp3) is 0.250. The van der Waals surface area contributed by atoms with Gasteiger partial charge in [0.05, 0.1) is 11.6 Å². The molecule has 1 rings (SSSR count). The van der Waals surface area contributed by atoms with Crippen LogP contribution in [-0.4, -0.2) is 11.8 Å². The number of allylic oxidation sites excluding steroid dienone is 1. The Kier molecular flexibility index (Phi) is 5.36. The van der Waals surface area contributed by atoms with Crippen molar-refractivity contribution < 1.29 is 9.53 Å². The van der Waals surface area contributed by atoms with Gasteiger partial charge in [0.1, 0.15) is 5.75 Å². The number of hydrogen-bond donors (Lipinski definition) is 0. The summed E-state index contributed by atoms with van der Waals surface area (Å²) in [5.74, 6) is 0.651. The fourth-order valence-electron chi connectivity index (χ4n) is 1.11. The SMILES string of the molecule is CCCOc1ccc(/C=C/C(=O)Cl)cc1Cl. The van der Waals surface area contributed by atoms with Crippen molar-refractivity contribution >= 4 is 34.5 Å². The maximum atomic E-state index is 10.5. The van der Waals surface area contributed by atoms with Gasteiger partial charge in [-0.05, 0) is 41.8 Å². The molecule has 0 aliphatic rings. The molecule has 4 heteroatoms. The van der Waals surface area contributed by atoms with Gasteiger partial charge in [-0.15, -0.1) is 0 Å². The van der Waals surface area contributed by atoms with Crippen LogP contribution in [0.3, 0.4) is 0 Å². The smallest absolute Gasteiger partial charge is 0.245 e. The van der Waals surface area contributed by atoms with Crippen LogP contribution in [0, 0.1) is 0 Å². The highest BCUT2D eigenvalue weighted by Crippen LogP contribution is 2.26. The summed E-state index contributed by atoms with van der Waals surface area (Å²) >= 11 is 11.2. The van der Waals surface area contributed by atoms with Crippen molar-refractivity contribution in [3.63, 3.8) is 0 Å². The average molecular weight is 259 g/mol. The summed E-state index contributed by atoms with van der Waals surface area (Å²) in [6, 6.07) is 5.31. The summed E-state index contributed by atoms with van der Waals surface area (Å²) in [5.41, 5.74) is 0.808. The molecule has 0 aromatic heterocycles. The Labute approximate surface area is 105 Å². The van der Waals surface area contributed by atoms with Gasteiger partial charge in [-0.3, -0.25) is 4.79 Å². The molecule has 0 bridgehead atoms. The first-order valence-corrected chi connectivity index (χ1v) is 5.69. The van der Waals surface area contributed by atoms with Crippen molar-refractivity contribution in [2.75, 3.05) is 6.61 Å². The summed E-state index contributed by atoms with van der Waals surface area (Å²) in [6.45, 7) is 2.66. The molecule has 0 amide bonds. The molecule has 0 unspecified atom stereocenters. The Bertz CT molecular complexity index is 400. The number of hydrogen-bond acceptors (Lipinski definition) is 2. The predicted molar refractivity (Wildman–Crippen MR) is 67.1 cm³/mol. The standard InChI is InChI=1S/C12H12Cl2O2/c1-2-7-16-11-5-3-9(8-10(11)13)4-6-12(14)15/h3-6,8H,2,7H2,1H3/b6-4+. The maximum absolute atomic E-state index is 10.5. The quantitative estimate of drug-likeness (QED) is 0.592. The Balaban J connectivity index is 2.78. The number of halogens is 2. The number of carbonyl (C=O) groups excluding carboxylic acids is 1. The van der Waals surface area contributed by atoms with Gasteiger partial charge >= 0.3 is 0 Å². The van der Waals surface area contributed by atoms with Crippen LogP contribution < -0.4 is 4.74 Å². The van der Waals surface area contributed by atoms with E-state index in [0.717, 1.165) is 12.0 Å². The molecular formula is C12H12Cl2O2. The third kappa shape index (κ3) is 4.25. The van der Waals surface area contributed by atoms with E-state index in [-0.39, 0.29) is 0 Å². The minimum Gasteiger partial charge on any atom is -0.492 e. The summed E-state index contributed by atoms with van der Waals surface area (Å²) in [7, 11) is 0. The first-order valence-electron chi connectivity index (χ1n) is 4.93. The Hall–Kier alpha value is -0.990. The zero-order chi connectivity index (χ0) is 12.0. The lowest BCUT2D eigenvalue weighted by Gasteiger charge is -2.06. The van der Waals surface area contributed by atoms with Gasteiger partial charge in [-0.2, -0.15) is 0 Å². The van der Waals surface area contributed by atoms with Crippen LogP contribution in [0.25, 0.3) is 6.08 Å². The zero-order valence-corrected chi connectivity index (χ0v) is 10.4. The summed E-state index contributed by atoms with van der Waals surface area (Å²) in [4.78, 5) is 10.5. The molecule has 0 fully saturated rings. The van der Waals surface area contributed by atoms with Gasteiger partial charge in [0, 0.05) is 0 Å². The van der Waals surface area contributed by atoms with E-state index in [1.54, 1.807) is 18.2 Å². The van der Waals surface area contributed by atoms with Crippen molar-refractivity contribution in [1.29, 1.82) is 0 Å². The van der Waals surface area contributed by atoms with E-state index in [1.165, 1.54) is 6.08 Å². The van der Waals surface area contributed by atoms with Gasteiger partial charge in [0.15, 0.2) is 0 Å². The molecule has 0 saturated heterocycles. The van der Waals surface area contributed by atoms with E-state index in [9.17, 15) is 4.79 Å². The van der Waals surface area contributed by atoms with Gasteiger partial charge < -0.3 is 4.74 Å². The molecule has 0 saturated carbocycles. The van der Waals surface area contributed by atoms with Gasteiger partial charge in [-0.25, -0.2) is 0 Å². The highest BCUT2D eigenvalue weighted by atomic mass is 35.5. The second-order valence-corrected chi connectivity index (χ2v) is 3.96. The van der Waals surface area contributed by atoms with Crippen LogP contribution in [0.5, 0.6) is 5.75 Å². The highest BCUT2D eigenvalue weighted by Gasteiger charge is 2.01. The van der Waals surface area contributed by atoms with Gasteiger partial charge in [-0.1, -0.05) is 30.7 Å². The molecule has 0 N–H and O–H groups in total. The zero-order valence-electron chi connectivity index (χ0n) is 8.87. The lowest BCUT2D eigenvalue weighted by atomic mass is 10.2. The van der Waals surface area contributed by atoms with Crippen LogP contribution in [0.1, 0.15) is 18.9 Å². The monoisotopic (exact) mass is 258 g/mol. The average Bonchev–Trinajstić information content (AvgIpc) is 2.25. The van der Waals surface area contributed by atoms with Crippen LogP contribution in [0.2, 0.25) is 5.02 Å². The first-order chi connectivity index (χ1) is 7.63. The third-order valence-corrected chi connectivity index (χ3v) is 2.25. The largest absolute Gasteiger partial charge is 0.492 e. The number of carbonyl (C=O) groups is 1. The van der Waals surface area contributed by atoms with Crippen LogP contribution in [0.4, 0.5) is 0 Å². The van der Waals surface area contributed by atoms with Crippen molar-refractivity contribution in [1.82, 2.24) is 0 Å². The molecule has 2 nitrogen and oxygen atoms in total. The minimum atomic E-state index is -0.512. The van der Waals surface area contributed by atoms with Crippen molar-refractivity contribution in [2.45, 2.75) is 13.3 Å². The Morgan fingerprint density at radius 2 is 2.25 bits per heavy atom. The molecule has 0 aliphatic carbocycles. The second-order valence-electron chi connectivity index (χ2n) is 3.18. The van der Waals surface area contributed by atoms with Crippen LogP contribution in [0.15, 0.2) is 24.3 Å². The molecule has 0 radical (unpaired) electrons. The van der Waals surface area contributed by atoms with Crippen LogP contribution in [-0.2, 0) is 4.79 Å². The molecule has 86 valence electrons. The maximum Gasteiger partial charge on any atom is 0.245 e. The van der Waals surface area contributed by atoms with E-state index in [2.05, 4.69) is 0 Å². The summed E-state index contributed by atoms with van der Waals surface area (Å²) < 4.78 is 5.42. The summed E-state index contributed by atoms with van der Waals surface area (Å²) in [5, 5.41) is 0.0139. The topological polar surface area (TPSA) is 26.3 Å². The first kappa shape index (κ1) is 13.1. The normalized spacial score (nSPS) is 10.7. The number of rotatable bonds is 5. The van der Waals surface area contributed by atoms with Crippen molar-refractivity contribution in [3.8, 4) is 5.75 Å². The van der Waals surface area contributed by atoms with E-state index in [4.69, 9.17) is 27.9 Å². The van der Waals surface area contributed by atoms with Crippen molar-refractivity contribution in [2.24, 2.45) is 0 Å². The Morgan fingerprint density at radius 3 is 2.81 bits per heavy atom. The Morgan fingerprint density at radius 1 is 1.50 bits per heavy atom. The molecule has 0 aliphatic heterocycles. The number of benzene rings is 1. The lowest BCUT2D eigenvalue weighted by molar-refractivity contribution is -0.107. The second kappa shape index (κ2) is 6.56. The summed E-state index contributed by atoms with van der Waals surface area (Å²) in [6.07, 6.45) is 3.81. The fourth-order valence-corrected chi connectivity index (χ4v) is 1.42. The molecule has 16 heavy (non-hydrogen) atoms. The van der Waals surface area contributed by atoms with Gasteiger partial charge in [0.25, 0.3) is 0 Å². The molecule has 0 atom stereocenters. The molecule has 1 aromatic rings. The number of ether oxygens (including phenoxy) is 1. The molecular weight excluding hydrogens is 247 g/mol. The van der Waals surface area contributed by atoms with Gasteiger partial charge in [0.2, 0.25) is 5.24 Å². The highest BCUT2D eigenvalue weighted by molar-refractivity contribution is 6.66. The van der Waals surface area contributed by atoms with E-state index < -0.39 is 5.24 Å². The van der Waals surface area contributed by atoms with Crippen LogP contribution >= 0.6 is 23.2 Å². The third-order valence-electron chi connectivity index (χ3n) is 1.82. The molecule has 0 heterocycles. The van der Waals surface area contributed by atoms with E-state index in [0.29, 0.717) is 17.4 Å². The van der Waals surface area contributed by atoms with E-state index >= 15 is 0 Å². The van der Waals surface area contributed by atoms with Crippen molar-refractivity contribution in [3.05, 3.63) is 34.9 Å². The molecule has 1 aromatic carbocycles.